The fraction of sp³-hybridized carbons (Fsp3) is 0.929. The Morgan fingerprint density at radius 3 is 2.78 bits per heavy atom. The van der Waals surface area contributed by atoms with Crippen LogP contribution in [0.15, 0.2) is 0 Å². The number of amides is 1. The van der Waals surface area contributed by atoms with Crippen molar-refractivity contribution in [3.05, 3.63) is 0 Å². The molecule has 2 N–H and O–H groups in total. The Morgan fingerprint density at radius 2 is 2.17 bits per heavy atom. The maximum absolute atomic E-state index is 12.7. The Balaban J connectivity index is 2.10. The largest absolute Gasteiger partial charge is 0.337 e. The predicted octanol–water partition coefficient (Wildman–Crippen LogP) is 1.06. The topological polar surface area (TPSA) is 49.6 Å². The van der Waals surface area contributed by atoms with E-state index in [1.165, 1.54) is 19.4 Å². The molecular weight excluding hydrogens is 226 g/mol. The lowest BCUT2D eigenvalue weighted by Crippen LogP contribution is -2.60. The van der Waals surface area contributed by atoms with Gasteiger partial charge in [-0.05, 0) is 39.7 Å². The van der Waals surface area contributed by atoms with Crippen LogP contribution in [0.4, 0.5) is 0 Å². The average molecular weight is 253 g/mol. The van der Waals surface area contributed by atoms with Crippen LogP contribution in [-0.2, 0) is 4.79 Å². The Morgan fingerprint density at radius 1 is 1.44 bits per heavy atom. The van der Waals surface area contributed by atoms with Crippen molar-refractivity contribution in [3.8, 4) is 0 Å². The van der Waals surface area contributed by atoms with Gasteiger partial charge in [0.25, 0.3) is 0 Å². The third kappa shape index (κ3) is 2.28. The summed E-state index contributed by atoms with van der Waals surface area (Å²) < 4.78 is 0. The zero-order valence-electron chi connectivity index (χ0n) is 12.0. The van der Waals surface area contributed by atoms with E-state index in [2.05, 4.69) is 23.6 Å². The average Bonchev–Trinajstić information content (AvgIpc) is 2.83. The Bertz CT molecular complexity index is 314. The molecule has 1 amide bonds. The second-order valence-electron chi connectivity index (χ2n) is 6.22. The number of rotatable bonds is 3. The number of carbonyl (C=O) groups is 1. The van der Waals surface area contributed by atoms with E-state index < -0.39 is 0 Å². The number of fused-ring (bicyclic) bond motifs is 1. The van der Waals surface area contributed by atoms with Crippen molar-refractivity contribution in [1.29, 1.82) is 0 Å². The minimum atomic E-state index is -0.380. The van der Waals surface area contributed by atoms with Crippen molar-refractivity contribution in [3.63, 3.8) is 0 Å². The summed E-state index contributed by atoms with van der Waals surface area (Å²) in [6, 6.07) is 0.910. The lowest BCUT2D eigenvalue weighted by molar-refractivity contribution is -0.146. The third-order valence-corrected chi connectivity index (χ3v) is 4.95. The molecule has 4 nitrogen and oxygen atoms in total. The van der Waals surface area contributed by atoms with Gasteiger partial charge >= 0.3 is 0 Å². The summed E-state index contributed by atoms with van der Waals surface area (Å²) in [7, 11) is 0. The van der Waals surface area contributed by atoms with Crippen molar-refractivity contribution in [2.24, 2.45) is 11.1 Å². The van der Waals surface area contributed by atoms with Crippen molar-refractivity contribution in [2.75, 3.05) is 26.2 Å². The van der Waals surface area contributed by atoms with Crippen molar-refractivity contribution in [2.45, 2.75) is 52.1 Å². The minimum absolute atomic E-state index is 0.256. The summed E-state index contributed by atoms with van der Waals surface area (Å²) in [5.74, 6) is 0.256. The molecule has 0 bridgehead atoms. The van der Waals surface area contributed by atoms with Gasteiger partial charge < -0.3 is 10.6 Å². The molecule has 2 saturated heterocycles. The predicted molar refractivity (Wildman–Crippen MR) is 73.2 cm³/mol. The van der Waals surface area contributed by atoms with E-state index in [-0.39, 0.29) is 11.3 Å². The van der Waals surface area contributed by atoms with Crippen LogP contribution in [0.2, 0.25) is 0 Å². The van der Waals surface area contributed by atoms with E-state index in [0.717, 1.165) is 19.5 Å². The normalized spacial score (nSPS) is 32.1. The standard InChI is InChI=1S/C14H27N3O/c1-4-14(3,10-15)13(18)17-9-12-6-5-7-16(12)8-11(17)2/h11-12H,4-10,15H2,1-3H3. The summed E-state index contributed by atoms with van der Waals surface area (Å²) in [5.41, 5.74) is 5.44. The highest BCUT2D eigenvalue weighted by molar-refractivity contribution is 5.83. The highest BCUT2D eigenvalue weighted by Gasteiger charge is 2.41. The van der Waals surface area contributed by atoms with Gasteiger partial charge in [-0.1, -0.05) is 6.92 Å². The van der Waals surface area contributed by atoms with Gasteiger partial charge in [-0.25, -0.2) is 0 Å². The maximum Gasteiger partial charge on any atom is 0.230 e. The quantitative estimate of drug-likeness (QED) is 0.818. The molecule has 3 atom stereocenters. The molecule has 104 valence electrons. The van der Waals surface area contributed by atoms with Crippen LogP contribution < -0.4 is 5.73 Å². The number of piperazine rings is 1. The van der Waals surface area contributed by atoms with Crippen LogP contribution in [0.1, 0.15) is 40.0 Å². The molecule has 0 aromatic carbocycles. The van der Waals surface area contributed by atoms with E-state index in [9.17, 15) is 4.79 Å². The van der Waals surface area contributed by atoms with Crippen LogP contribution in [0.3, 0.4) is 0 Å². The molecule has 18 heavy (non-hydrogen) atoms. The summed E-state index contributed by atoms with van der Waals surface area (Å²) in [5, 5.41) is 0. The van der Waals surface area contributed by atoms with Gasteiger partial charge in [-0.2, -0.15) is 0 Å². The van der Waals surface area contributed by atoms with Crippen molar-refractivity contribution >= 4 is 5.91 Å². The molecule has 0 aromatic rings. The van der Waals surface area contributed by atoms with Gasteiger partial charge in [0.1, 0.15) is 0 Å². The first-order chi connectivity index (χ1) is 8.51. The number of hydrogen-bond acceptors (Lipinski definition) is 3. The van der Waals surface area contributed by atoms with E-state index in [1.54, 1.807) is 0 Å². The molecular formula is C14H27N3O. The number of nitrogens with two attached hydrogens (primary N) is 1. The second-order valence-corrected chi connectivity index (χ2v) is 6.22. The summed E-state index contributed by atoms with van der Waals surface area (Å²) in [6.07, 6.45) is 3.34. The first-order valence-electron chi connectivity index (χ1n) is 7.27. The molecule has 0 aromatic heterocycles. The van der Waals surface area contributed by atoms with Crippen LogP contribution in [0, 0.1) is 5.41 Å². The molecule has 0 aliphatic carbocycles. The number of nitrogens with zero attached hydrogens (tertiary/aromatic N) is 2. The highest BCUT2D eigenvalue weighted by Crippen LogP contribution is 2.29. The summed E-state index contributed by atoms with van der Waals surface area (Å²) >= 11 is 0. The zero-order chi connectivity index (χ0) is 13.3. The fourth-order valence-electron chi connectivity index (χ4n) is 3.20. The van der Waals surface area contributed by atoms with Crippen LogP contribution in [0.25, 0.3) is 0 Å². The Kier molecular flexibility index (Phi) is 3.97. The first-order valence-corrected chi connectivity index (χ1v) is 7.27. The summed E-state index contributed by atoms with van der Waals surface area (Å²) in [4.78, 5) is 17.3. The van der Waals surface area contributed by atoms with E-state index in [1.807, 2.05) is 6.92 Å². The van der Waals surface area contributed by atoms with Crippen LogP contribution in [-0.4, -0.2) is 54.0 Å². The molecule has 2 heterocycles. The maximum atomic E-state index is 12.7. The van der Waals surface area contributed by atoms with Crippen LogP contribution in [0.5, 0.6) is 0 Å². The number of carbonyl (C=O) groups excluding carboxylic acids is 1. The first kappa shape index (κ1) is 13.8. The Labute approximate surface area is 110 Å². The van der Waals surface area contributed by atoms with E-state index in [4.69, 9.17) is 5.73 Å². The highest BCUT2D eigenvalue weighted by atomic mass is 16.2. The molecule has 3 unspecified atom stereocenters. The molecule has 2 fully saturated rings. The van der Waals surface area contributed by atoms with Gasteiger partial charge in [-0.15, -0.1) is 0 Å². The molecule has 0 radical (unpaired) electrons. The van der Waals surface area contributed by atoms with E-state index >= 15 is 0 Å². The molecule has 4 heteroatoms. The number of hydrogen-bond donors (Lipinski definition) is 1. The second kappa shape index (κ2) is 5.17. The SMILES string of the molecule is CCC(C)(CN)C(=O)N1CC2CCCN2CC1C. The lowest BCUT2D eigenvalue weighted by Gasteiger charge is -2.45. The van der Waals surface area contributed by atoms with Crippen molar-refractivity contribution in [1.82, 2.24) is 9.80 Å². The fourth-order valence-corrected chi connectivity index (χ4v) is 3.20. The molecule has 0 saturated carbocycles. The lowest BCUT2D eigenvalue weighted by atomic mass is 9.85. The van der Waals surface area contributed by atoms with Crippen molar-refractivity contribution < 1.29 is 4.79 Å². The van der Waals surface area contributed by atoms with E-state index in [0.29, 0.717) is 18.6 Å². The molecule has 0 spiro atoms. The summed E-state index contributed by atoms with van der Waals surface area (Å²) in [6.45, 7) is 9.80. The van der Waals surface area contributed by atoms with Crippen LogP contribution >= 0.6 is 0 Å². The molecule has 2 aliphatic rings. The van der Waals surface area contributed by atoms with Gasteiger partial charge in [0.2, 0.25) is 5.91 Å². The third-order valence-electron chi connectivity index (χ3n) is 4.95. The molecule has 2 aliphatic heterocycles. The minimum Gasteiger partial charge on any atom is -0.337 e. The van der Waals surface area contributed by atoms with Gasteiger partial charge in [-0.3, -0.25) is 9.69 Å². The monoisotopic (exact) mass is 253 g/mol. The van der Waals surface area contributed by atoms with Gasteiger partial charge in [0.05, 0.1) is 5.41 Å². The Hall–Kier alpha value is -0.610. The smallest absolute Gasteiger partial charge is 0.230 e. The zero-order valence-corrected chi connectivity index (χ0v) is 12.0. The van der Waals surface area contributed by atoms with Gasteiger partial charge in [0.15, 0.2) is 0 Å². The molecule has 2 rings (SSSR count). The van der Waals surface area contributed by atoms with Gasteiger partial charge in [0, 0.05) is 31.7 Å².